The van der Waals surface area contributed by atoms with Crippen LogP contribution in [0.25, 0.3) is 0 Å². The summed E-state index contributed by atoms with van der Waals surface area (Å²) in [5.41, 5.74) is 1.57. The summed E-state index contributed by atoms with van der Waals surface area (Å²) >= 11 is 1.42. The second kappa shape index (κ2) is 9.53. The fourth-order valence-electron chi connectivity index (χ4n) is 3.48. The molecule has 8 nitrogen and oxygen atoms in total. The SMILES string of the molecule is CC[C@@H]1SC2=NC(C)=C(C(=O)OCCOC)[C@H](c3ccc(OC)c(OC)c3)N2C1=O. The Morgan fingerprint density at radius 1 is 1.17 bits per heavy atom. The van der Waals surface area contributed by atoms with Gasteiger partial charge in [-0.15, -0.1) is 0 Å². The maximum Gasteiger partial charge on any atom is 0.338 e. The summed E-state index contributed by atoms with van der Waals surface area (Å²) in [7, 11) is 4.63. The molecule has 1 saturated heterocycles. The van der Waals surface area contributed by atoms with Crippen LogP contribution in [0.15, 0.2) is 34.5 Å². The molecule has 1 amide bonds. The maximum absolute atomic E-state index is 13.1. The highest BCUT2D eigenvalue weighted by molar-refractivity contribution is 8.15. The molecular weight excluding hydrogens is 408 g/mol. The lowest BCUT2D eigenvalue weighted by Crippen LogP contribution is -2.41. The molecule has 0 bridgehead atoms. The smallest absolute Gasteiger partial charge is 0.338 e. The predicted molar refractivity (Wildman–Crippen MR) is 114 cm³/mol. The third-order valence-corrected chi connectivity index (χ3v) is 6.30. The number of carbonyl (C=O) groups excluding carboxylic acids is 2. The van der Waals surface area contributed by atoms with Crippen molar-refractivity contribution in [1.29, 1.82) is 0 Å². The van der Waals surface area contributed by atoms with Crippen molar-refractivity contribution in [2.45, 2.75) is 31.6 Å². The zero-order valence-corrected chi connectivity index (χ0v) is 18.6. The van der Waals surface area contributed by atoms with Crippen molar-refractivity contribution in [3.05, 3.63) is 35.0 Å². The monoisotopic (exact) mass is 434 g/mol. The minimum atomic E-state index is -0.663. The Labute approximate surface area is 180 Å². The lowest BCUT2D eigenvalue weighted by Gasteiger charge is -2.33. The van der Waals surface area contributed by atoms with E-state index in [1.807, 2.05) is 13.0 Å². The zero-order valence-electron chi connectivity index (χ0n) is 17.8. The number of thioether (sulfide) groups is 1. The van der Waals surface area contributed by atoms with Crippen LogP contribution in [-0.2, 0) is 19.1 Å². The Bertz CT molecular complexity index is 897. The lowest BCUT2D eigenvalue weighted by atomic mass is 9.94. The number of amidine groups is 1. The molecule has 0 N–H and O–H groups in total. The van der Waals surface area contributed by atoms with E-state index in [0.717, 1.165) is 0 Å². The molecule has 0 radical (unpaired) electrons. The van der Waals surface area contributed by atoms with E-state index in [1.54, 1.807) is 38.2 Å². The third kappa shape index (κ3) is 4.04. The van der Waals surface area contributed by atoms with Crippen LogP contribution < -0.4 is 9.47 Å². The average molecular weight is 435 g/mol. The van der Waals surface area contributed by atoms with Gasteiger partial charge in [-0.1, -0.05) is 24.8 Å². The summed E-state index contributed by atoms with van der Waals surface area (Å²) in [6.07, 6.45) is 0.671. The van der Waals surface area contributed by atoms with Gasteiger partial charge in [0.15, 0.2) is 16.7 Å². The molecule has 0 spiro atoms. The molecule has 0 aliphatic carbocycles. The van der Waals surface area contributed by atoms with Gasteiger partial charge in [-0.3, -0.25) is 9.69 Å². The molecule has 2 aliphatic rings. The Hall–Kier alpha value is -2.52. The highest BCUT2D eigenvalue weighted by Crippen LogP contribution is 2.45. The molecule has 0 aromatic heterocycles. The van der Waals surface area contributed by atoms with Crippen LogP contribution in [0.1, 0.15) is 31.9 Å². The van der Waals surface area contributed by atoms with Gasteiger partial charge in [0, 0.05) is 7.11 Å². The quantitative estimate of drug-likeness (QED) is 0.459. The molecule has 1 aromatic rings. The van der Waals surface area contributed by atoms with Crippen LogP contribution >= 0.6 is 11.8 Å². The maximum atomic E-state index is 13.1. The van der Waals surface area contributed by atoms with Crippen molar-refractivity contribution in [3.63, 3.8) is 0 Å². The van der Waals surface area contributed by atoms with Gasteiger partial charge in [0.25, 0.3) is 0 Å². The van der Waals surface area contributed by atoms with E-state index in [4.69, 9.17) is 18.9 Å². The van der Waals surface area contributed by atoms with Gasteiger partial charge in [-0.05, 0) is 31.0 Å². The molecule has 2 aliphatic heterocycles. The molecule has 3 rings (SSSR count). The van der Waals surface area contributed by atoms with Gasteiger partial charge in [0.1, 0.15) is 6.61 Å². The van der Waals surface area contributed by atoms with E-state index >= 15 is 0 Å². The largest absolute Gasteiger partial charge is 0.493 e. The number of carbonyl (C=O) groups is 2. The summed E-state index contributed by atoms with van der Waals surface area (Å²) < 4.78 is 21.1. The standard InChI is InChI=1S/C21H26N2O6S/c1-6-16-19(24)23-18(13-7-8-14(27-4)15(11-13)28-5)17(12(2)22-21(23)30-16)20(25)29-10-9-26-3/h7-8,11,16,18H,6,9-10H2,1-5H3/t16-,18-/m0/s1. The molecule has 0 unspecified atom stereocenters. The van der Waals surface area contributed by atoms with Crippen molar-refractivity contribution in [2.75, 3.05) is 34.5 Å². The highest BCUT2D eigenvalue weighted by Gasteiger charge is 2.47. The molecular formula is C21H26N2O6S. The number of rotatable bonds is 8. The van der Waals surface area contributed by atoms with Gasteiger partial charge in [-0.25, -0.2) is 9.79 Å². The van der Waals surface area contributed by atoms with E-state index in [2.05, 4.69) is 4.99 Å². The zero-order chi connectivity index (χ0) is 21.8. The number of ether oxygens (including phenoxy) is 4. The summed E-state index contributed by atoms with van der Waals surface area (Å²) in [4.78, 5) is 32.3. The first kappa shape index (κ1) is 22.2. The molecule has 1 fully saturated rings. The fourth-order valence-corrected chi connectivity index (χ4v) is 4.62. The first-order valence-electron chi connectivity index (χ1n) is 9.63. The van der Waals surface area contributed by atoms with Crippen molar-refractivity contribution in [3.8, 4) is 11.5 Å². The number of hydrogen-bond donors (Lipinski definition) is 0. The van der Waals surface area contributed by atoms with Gasteiger partial charge in [-0.2, -0.15) is 0 Å². The molecule has 1 aromatic carbocycles. The van der Waals surface area contributed by atoms with Gasteiger partial charge in [0.05, 0.1) is 43.4 Å². The Morgan fingerprint density at radius 3 is 2.53 bits per heavy atom. The number of fused-ring (bicyclic) bond motifs is 1. The third-order valence-electron chi connectivity index (χ3n) is 4.99. The predicted octanol–water partition coefficient (Wildman–Crippen LogP) is 2.93. The molecule has 30 heavy (non-hydrogen) atoms. The summed E-state index contributed by atoms with van der Waals surface area (Å²) in [5, 5.41) is 0.362. The van der Waals surface area contributed by atoms with Crippen LogP contribution in [0.5, 0.6) is 11.5 Å². The summed E-state index contributed by atoms with van der Waals surface area (Å²) in [6.45, 7) is 4.11. The van der Waals surface area contributed by atoms with Crippen LogP contribution in [-0.4, -0.2) is 61.7 Å². The summed E-state index contributed by atoms with van der Waals surface area (Å²) in [6, 6.07) is 4.69. The van der Waals surface area contributed by atoms with Crippen molar-refractivity contribution in [2.24, 2.45) is 4.99 Å². The Kier molecular flexibility index (Phi) is 7.04. The first-order chi connectivity index (χ1) is 14.5. The topological polar surface area (TPSA) is 86.7 Å². The van der Waals surface area contributed by atoms with Crippen molar-refractivity contribution >= 4 is 28.8 Å². The number of nitrogens with zero attached hydrogens (tertiary/aromatic N) is 2. The molecule has 0 saturated carbocycles. The average Bonchev–Trinajstić information content (AvgIpc) is 3.07. The molecule has 2 heterocycles. The number of methoxy groups -OCH3 is 3. The number of benzene rings is 1. The van der Waals surface area contributed by atoms with Crippen LogP contribution in [0, 0.1) is 0 Å². The first-order valence-corrected chi connectivity index (χ1v) is 10.5. The van der Waals surface area contributed by atoms with E-state index in [1.165, 1.54) is 18.9 Å². The van der Waals surface area contributed by atoms with Gasteiger partial charge >= 0.3 is 5.97 Å². The van der Waals surface area contributed by atoms with Gasteiger partial charge in [0.2, 0.25) is 5.91 Å². The van der Waals surface area contributed by atoms with Crippen LogP contribution in [0.2, 0.25) is 0 Å². The highest BCUT2D eigenvalue weighted by atomic mass is 32.2. The normalized spacial score (nSPS) is 20.8. The Morgan fingerprint density at radius 2 is 1.90 bits per heavy atom. The lowest BCUT2D eigenvalue weighted by molar-refractivity contribution is -0.141. The number of amides is 1. The second-order valence-electron chi connectivity index (χ2n) is 6.76. The van der Waals surface area contributed by atoms with E-state index in [9.17, 15) is 9.59 Å². The number of allylic oxidation sites excluding steroid dienone is 1. The van der Waals surface area contributed by atoms with Crippen LogP contribution in [0.3, 0.4) is 0 Å². The molecule has 9 heteroatoms. The van der Waals surface area contributed by atoms with Crippen molar-refractivity contribution in [1.82, 2.24) is 4.90 Å². The molecule has 162 valence electrons. The van der Waals surface area contributed by atoms with E-state index < -0.39 is 12.0 Å². The summed E-state index contributed by atoms with van der Waals surface area (Å²) in [5.74, 6) is 0.472. The van der Waals surface area contributed by atoms with Crippen LogP contribution in [0.4, 0.5) is 0 Å². The number of esters is 1. The van der Waals surface area contributed by atoms with E-state index in [0.29, 0.717) is 39.9 Å². The number of hydrogen-bond acceptors (Lipinski definition) is 8. The molecule has 2 atom stereocenters. The van der Waals surface area contributed by atoms with E-state index in [-0.39, 0.29) is 24.4 Å². The minimum absolute atomic E-state index is 0.0734. The fraction of sp³-hybridized carbons (Fsp3) is 0.476. The van der Waals surface area contributed by atoms with Gasteiger partial charge < -0.3 is 18.9 Å². The number of aliphatic imine (C=N–C) groups is 1. The minimum Gasteiger partial charge on any atom is -0.493 e. The van der Waals surface area contributed by atoms with Crippen molar-refractivity contribution < 1.29 is 28.5 Å². The Balaban J connectivity index is 2.09. The second-order valence-corrected chi connectivity index (χ2v) is 7.93.